The van der Waals surface area contributed by atoms with E-state index in [9.17, 15) is 9.18 Å². The fourth-order valence-corrected chi connectivity index (χ4v) is 3.22. The number of fused-ring (bicyclic) bond motifs is 1. The standard InChI is InChI=1S/C20H22FN5O2/c21-15-11-14(13-23-20(15)26-7-9-28-10-8-26)12-22-19(27)6-5-18-24-16-3-1-2-4-17(16)25-18/h1-4,11,13H,5-10,12H2,(H,22,27)(H,24,25). The zero-order valence-corrected chi connectivity index (χ0v) is 15.4. The number of H-pyrrole nitrogens is 1. The first-order valence-corrected chi connectivity index (χ1v) is 9.36. The van der Waals surface area contributed by atoms with Gasteiger partial charge >= 0.3 is 0 Å². The number of amides is 1. The largest absolute Gasteiger partial charge is 0.378 e. The molecule has 0 aliphatic carbocycles. The van der Waals surface area contributed by atoms with Crippen LogP contribution in [0.1, 0.15) is 17.8 Å². The van der Waals surface area contributed by atoms with Gasteiger partial charge in [-0.1, -0.05) is 12.1 Å². The third-order valence-corrected chi connectivity index (χ3v) is 4.71. The van der Waals surface area contributed by atoms with E-state index in [0.29, 0.717) is 50.5 Å². The van der Waals surface area contributed by atoms with Crippen LogP contribution in [0.4, 0.5) is 10.2 Å². The molecule has 1 aromatic carbocycles. The fourth-order valence-electron chi connectivity index (χ4n) is 3.22. The number of aryl methyl sites for hydroxylation is 1. The molecule has 3 heterocycles. The van der Waals surface area contributed by atoms with Gasteiger partial charge < -0.3 is 19.9 Å². The van der Waals surface area contributed by atoms with E-state index in [1.165, 1.54) is 6.07 Å². The number of benzene rings is 1. The molecular weight excluding hydrogens is 361 g/mol. The second-order valence-corrected chi connectivity index (χ2v) is 6.73. The molecule has 1 aliphatic heterocycles. The molecular formula is C20H22FN5O2. The maximum absolute atomic E-state index is 14.4. The Balaban J connectivity index is 1.28. The predicted molar refractivity (Wildman–Crippen MR) is 103 cm³/mol. The van der Waals surface area contributed by atoms with Gasteiger partial charge in [-0.15, -0.1) is 0 Å². The highest BCUT2D eigenvalue weighted by molar-refractivity contribution is 5.77. The molecule has 1 saturated heterocycles. The lowest BCUT2D eigenvalue weighted by Crippen LogP contribution is -2.37. The van der Waals surface area contributed by atoms with Gasteiger partial charge in [-0.25, -0.2) is 14.4 Å². The highest BCUT2D eigenvalue weighted by Gasteiger charge is 2.17. The van der Waals surface area contributed by atoms with Crippen molar-refractivity contribution in [2.24, 2.45) is 0 Å². The summed E-state index contributed by atoms with van der Waals surface area (Å²) in [5, 5.41) is 2.81. The van der Waals surface area contributed by atoms with Crippen molar-refractivity contribution in [2.75, 3.05) is 31.2 Å². The average Bonchev–Trinajstić information content (AvgIpc) is 3.14. The van der Waals surface area contributed by atoms with Gasteiger partial charge in [0.25, 0.3) is 0 Å². The number of nitrogens with zero attached hydrogens (tertiary/aromatic N) is 3. The van der Waals surface area contributed by atoms with Crippen molar-refractivity contribution >= 4 is 22.8 Å². The Labute approximate surface area is 161 Å². The Hall–Kier alpha value is -3.00. The summed E-state index contributed by atoms with van der Waals surface area (Å²) >= 11 is 0. The van der Waals surface area contributed by atoms with E-state index < -0.39 is 0 Å². The number of aromatic amines is 1. The van der Waals surface area contributed by atoms with Gasteiger partial charge in [0.2, 0.25) is 5.91 Å². The number of pyridine rings is 1. The van der Waals surface area contributed by atoms with Crippen molar-refractivity contribution in [2.45, 2.75) is 19.4 Å². The first kappa shape index (κ1) is 18.4. The second kappa shape index (κ2) is 8.35. The predicted octanol–water partition coefficient (Wildman–Crippen LogP) is 2.18. The molecule has 28 heavy (non-hydrogen) atoms. The van der Waals surface area contributed by atoms with E-state index >= 15 is 0 Å². The summed E-state index contributed by atoms with van der Waals surface area (Å²) in [6, 6.07) is 9.18. The van der Waals surface area contributed by atoms with Crippen molar-refractivity contribution in [3.63, 3.8) is 0 Å². The minimum absolute atomic E-state index is 0.113. The van der Waals surface area contributed by atoms with E-state index in [1.807, 2.05) is 29.2 Å². The molecule has 0 saturated carbocycles. The van der Waals surface area contributed by atoms with Crippen LogP contribution in [0.5, 0.6) is 0 Å². The van der Waals surface area contributed by atoms with Crippen LogP contribution < -0.4 is 10.2 Å². The summed E-state index contributed by atoms with van der Waals surface area (Å²) in [5.74, 6) is 0.622. The van der Waals surface area contributed by atoms with E-state index in [-0.39, 0.29) is 18.3 Å². The van der Waals surface area contributed by atoms with Gasteiger partial charge in [0.15, 0.2) is 11.6 Å². The van der Waals surface area contributed by atoms with Crippen molar-refractivity contribution in [1.82, 2.24) is 20.3 Å². The summed E-state index contributed by atoms with van der Waals surface area (Å²) in [5.41, 5.74) is 2.48. The van der Waals surface area contributed by atoms with Gasteiger partial charge in [0.05, 0.1) is 24.2 Å². The van der Waals surface area contributed by atoms with Crippen LogP contribution in [0.3, 0.4) is 0 Å². The summed E-state index contributed by atoms with van der Waals surface area (Å²) in [4.78, 5) is 25.9. The zero-order chi connectivity index (χ0) is 19.3. The average molecular weight is 383 g/mol. The van der Waals surface area contributed by atoms with Crippen LogP contribution in [0.15, 0.2) is 36.5 Å². The van der Waals surface area contributed by atoms with Gasteiger partial charge in [0.1, 0.15) is 5.82 Å². The summed E-state index contributed by atoms with van der Waals surface area (Å²) in [6.45, 7) is 2.64. The molecule has 0 unspecified atom stereocenters. The number of para-hydroxylation sites is 2. The monoisotopic (exact) mass is 383 g/mol. The minimum atomic E-state index is -0.379. The minimum Gasteiger partial charge on any atom is -0.378 e. The molecule has 2 N–H and O–H groups in total. The number of morpholine rings is 1. The number of imidazole rings is 1. The lowest BCUT2D eigenvalue weighted by Gasteiger charge is -2.28. The first-order valence-electron chi connectivity index (χ1n) is 9.36. The maximum atomic E-state index is 14.4. The number of ether oxygens (including phenoxy) is 1. The van der Waals surface area contributed by atoms with Gasteiger partial charge in [-0.05, 0) is 23.8 Å². The molecule has 4 rings (SSSR count). The SMILES string of the molecule is O=C(CCc1nc2ccccc2[nH]1)NCc1cnc(N2CCOCC2)c(F)c1. The molecule has 0 atom stereocenters. The van der Waals surface area contributed by atoms with Crippen LogP contribution >= 0.6 is 0 Å². The molecule has 1 amide bonds. The van der Waals surface area contributed by atoms with E-state index in [0.717, 1.165) is 16.9 Å². The Bertz CT molecular complexity index is 935. The van der Waals surface area contributed by atoms with Crippen molar-refractivity contribution in [3.8, 4) is 0 Å². The fraction of sp³-hybridized carbons (Fsp3) is 0.350. The Morgan fingerprint density at radius 1 is 1.29 bits per heavy atom. The van der Waals surface area contributed by atoms with Crippen LogP contribution in [-0.2, 0) is 22.5 Å². The number of halogens is 1. The first-order chi connectivity index (χ1) is 13.7. The molecule has 0 spiro atoms. The van der Waals surface area contributed by atoms with Crippen LogP contribution in [0.25, 0.3) is 11.0 Å². The molecule has 0 radical (unpaired) electrons. The molecule has 3 aromatic rings. The molecule has 1 aliphatic rings. The van der Waals surface area contributed by atoms with Crippen molar-refractivity contribution in [1.29, 1.82) is 0 Å². The number of nitrogens with one attached hydrogen (secondary N) is 2. The van der Waals surface area contributed by atoms with E-state index in [1.54, 1.807) is 6.20 Å². The maximum Gasteiger partial charge on any atom is 0.220 e. The Morgan fingerprint density at radius 2 is 2.11 bits per heavy atom. The van der Waals surface area contributed by atoms with Gasteiger partial charge in [0, 0.05) is 38.7 Å². The van der Waals surface area contributed by atoms with E-state index in [2.05, 4.69) is 20.3 Å². The second-order valence-electron chi connectivity index (χ2n) is 6.73. The lowest BCUT2D eigenvalue weighted by atomic mass is 10.2. The van der Waals surface area contributed by atoms with Crippen LogP contribution in [0.2, 0.25) is 0 Å². The van der Waals surface area contributed by atoms with Gasteiger partial charge in [-0.2, -0.15) is 0 Å². The van der Waals surface area contributed by atoms with Crippen LogP contribution in [-0.4, -0.2) is 47.2 Å². The zero-order valence-electron chi connectivity index (χ0n) is 15.4. The number of aromatic nitrogens is 3. The molecule has 2 aromatic heterocycles. The summed E-state index contributed by atoms with van der Waals surface area (Å²) in [6.07, 6.45) is 2.43. The molecule has 8 heteroatoms. The lowest BCUT2D eigenvalue weighted by molar-refractivity contribution is -0.121. The molecule has 146 valence electrons. The third-order valence-electron chi connectivity index (χ3n) is 4.71. The van der Waals surface area contributed by atoms with E-state index in [4.69, 9.17) is 4.74 Å². The number of rotatable bonds is 6. The van der Waals surface area contributed by atoms with Crippen molar-refractivity contribution < 1.29 is 13.9 Å². The summed E-state index contributed by atoms with van der Waals surface area (Å²) < 4.78 is 19.6. The highest BCUT2D eigenvalue weighted by atomic mass is 19.1. The Kier molecular flexibility index (Phi) is 5.48. The Morgan fingerprint density at radius 3 is 2.89 bits per heavy atom. The number of anilines is 1. The number of hydrogen-bond donors (Lipinski definition) is 2. The van der Waals surface area contributed by atoms with Gasteiger partial charge in [-0.3, -0.25) is 4.79 Å². The molecule has 0 bridgehead atoms. The smallest absolute Gasteiger partial charge is 0.220 e. The van der Waals surface area contributed by atoms with Crippen LogP contribution in [0, 0.1) is 5.82 Å². The number of carbonyl (C=O) groups excluding carboxylic acids is 1. The molecule has 1 fully saturated rings. The number of carbonyl (C=O) groups is 1. The third kappa shape index (κ3) is 4.28. The van der Waals surface area contributed by atoms with Crippen molar-refractivity contribution in [3.05, 3.63) is 53.7 Å². The highest BCUT2D eigenvalue weighted by Crippen LogP contribution is 2.18. The number of hydrogen-bond acceptors (Lipinski definition) is 5. The summed E-state index contributed by atoms with van der Waals surface area (Å²) in [7, 11) is 0. The normalized spacial score (nSPS) is 14.4. The quantitative estimate of drug-likeness (QED) is 0.682. The topological polar surface area (TPSA) is 83.1 Å². The molecule has 7 nitrogen and oxygen atoms in total.